The normalized spacial score (nSPS) is 12.2. The molecule has 2 rings (SSSR count). The molecule has 0 bridgehead atoms. The van der Waals surface area contributed by atoms with Crippen LogP contribution in [0.15, 0.2) is 47.4 Å². The summed E-state index contributed by atoms with van der Waals surface area (Å²) in [7, 11) is -0.736. The second kappa shape index (κ2) is 9.13. The van der Waals surface area contributed by atoms with E-state index in [1.807, 2.05) is 13.8 Å². The molecule has 2 aromatic rings. The van der Waals surface area contributed by atoms with Crippen LogP contribution in [0.4, 0.5) is 0 Å². The molecule has 0 radical (unpaired) electrons. The number of benzene rings is 2. The number of hydrogen-bond donors (Lipinski definition) is 1. The summed E-state index contributed by atoms with van der Waals surface area (Å²) in [6.07, 6.45) is 0. The van der Waals surface area contributed by atoms with Gasteiger partial charge in [0.1, 0.15) is 0 Å². The van der Waals surface area contributed by atoms with E-state index in [4.69, 9.17) is 21.1 Å². The highest BCUT2D eigenvalue weighted by Crippen LogP contribution is 2.30. The summed E-state index contributed by atoms with van der Waals surface area (Å²) in [5.41, 5.74) is 0.125. The third kappa shape index (κ3) is 5.38. The van der Waals surface area contributed by atoms with Crippen molar-refractivity contribution in [2.45, 2.75) is 25.3 Å². The Bertz CT molecular complexity index is 897. The van der Waals surface area contributed by atoms with Crippen molar-refractivity contribution in [1.29, 1.82) is 0 Å². The summed E-state index contributed by atoms with van der Waals surface area (Å²) in [6, 6.07) is 11.3. The lowest BCUT2D eigenvalue weighted by Gasteiger charge is -2.31. The average molecular weight is 428 g/mol. The molecule has 0 amide bonds. The Morgan fingerprint density at radius 3 is 2.18 bits per heavy atom. The Morgan fingerprint density at radius 2 is 1.64 bits per heavy atom. The van der Waals surface area contributed by atoms with Gasteiger partial charge in [-0.3, -0.25) is 0 Å². The number of halogens is 1. The number of methoxy groups -OCH3 is 2. The molecule has 0 aliphatic rings. The van der Waals surface area contributed by atoms with Crippen LogP contribution in [0.25, 0.3) is 0 Å². The first-order valence-corrected chi connectivity index (χ1v) is 10.5. The molecule has 0 fully saturated rings. The third-order valence-corrected chi connectivity index (χ3v) is 6.35. The molecule has 0 unspecified atom stereocenters. The van der Waals surface area contributed by atoms with E-state index in [-0.39, 0.29) is 24.6 Å². The van der Waals surface area contributed by atoms with E-state index in [0.717, 1.165) is 5.56 Å². The van der Waals surface area contributed by atoms with Crippen LogP contribution in [-0.4, -0.2) is 45.2 Å². The number of sulfonamides is 1. The molecule has 8 heteroatoms. The first-order chi connectivity index (χ1) is 13.1. The lowest BCUT2D eigenvalue weighted by atomic mass is 9.95. The van der Waals surface area contributed by atoms with Crippen LogP contribution in [0, 0.1) is 5.41 Å². The molecule has 0 spiro atoms. The van der Waals surface area contributed by atoms with Crippen molar-refractivity contribution in [3.05, 3.63) is 53.1 Å². The largest absolute Gasteiger partial charge is 0.493 e. The fourth-order valence-electron chi connectivity index (χ4n) is 2.69. The van der Waals surface area contributed by atoms with Crippen LogP contribution in [0.2, 0.25) is 5.02 Å². The van der Waals surface area contributed by atoms with Crippen LogP contribution in [0.1, 0.15) is 19.4 Å². The van der Waals surface area contributed by atoms with Crippen LogP contribution in [0.5, 0.6) is 11.5 Å². The summed E-state index contributed by atoms with van der Waals surface area (Å²) in [6.45, 7) is 3.74. The Morgan fingerprint density at radius 1 is 1.04 bits per heavy atom. The maximum atomic E-state index is 13.3. The quantitative estimate of drug-likeness (QED) is 0.662. The molecule has 1 N–H and O–H groups in total. The van der Waals surface area contributed by atoms with E-state index >= 15 is 0 Å². The minimum Gasteiger partial charge on any atom is -0.493 e. The van der Waals surface area contributed by atoms with Crippen molar-refractivity contribution in [2.24, 2.45) is 5.41 Å². The number of nitrogens with zero attached hydrogens (tertiary/aromatic N) is 1. The van der Waals surface area contributed by atoms with Gasteiger partial charge in [0.25, 0.3) is 0 Å². The minimum atomic E-state index is -3.80. The van der Waals surface area contributed by atoms with Crippen LogP contribution >= 0.6 is 11.6 Å². The number of aliphatic hydroxyl groups excluding tert-OH is 1. The predicted octanol–water partition coefficient (Wildman–Crippen LogP) is 3.57. The molecular formula is C20H26ClNO5S. The first-order valence-electron chi connectivity index (χ1n) is 8.70. The number of hydrogen-bond acceptors (Lipinski definition) is 5. The molecule has 0 atom stereocenters. The number of rotatable bonds is 9. The smallest absolute Gasteiger partial charge is 0.243 e. The Kier molecular flexibility index (Phi) is 7.33. The molecule has 0 aliphatic carbocycles. The van der Waals surface area contributed by atoms with Crippen molar-refractivity contribution in [3.63, 3.8) is 0 Å². The van der Waals surface area contributed by atoms with Crippen LogP contribution in [-0.2, 0) is 16.6 Å². The summed E-state index contributed by atoms with van der Waals surface area (Å²) in [5, 5.41) is 10.1. The topological polar surface area (TPSA) is 76.1 Å². The molecule has 0 saturated heterocycles. The van der Waals surface area contributed by atoms with Gasteiger partial charge in [0, 0.05) is 30.1 Å². The van der Waals surface area contributed by atoms with Gasteiger partial charge in [0.05, 0.1) is 19.1 Å². The van der Waals surface area contributed by atoms with E-state index in [1.165, 1.54) is 23.5 Å². The highest BCUT2D eigenvalue weighted by Gasteiger charge is 2.31. The zero-order chi connectivity index (χ0) is 20.9. The summed E-state index contributed by atoms with van der Waals surface area (Å²) < 4.78 is 38.4. The molecular weight excluding hydrogens is 402 g/mol. The molecule has 0 aliphatic heterocycles. The zero-order valence-corrected chi connectivity index (χ0v) is 18.0. The Balaban J connectivity index is 2.43. The van der Waals surface area contributed by atoms with Gasteiger partial charge in [-0.1, -0.05) is 31.5 Å². The van der Waals surface area contributed by atoms with Gasteiger partial charge >= 0.3 is 0 Å². The van der Waals surface area contributed by atoms with Crippen molar-refractivity contribution in [2.75, 3.05) is 27.4 Å². The summed E-state index contributed by atoms with van der Waals surface area (Å²) in [4.78, 5) is 0.145. The third-order valence-electron chi connectivity index (χ3n) is 4.29. The fourth-order valence-corrected chi connectivity index (χ4v) is 4.43. The average Bonchev–Trinajstić information content (AvgIpc) is 2.67. The standard InChI is InChI=1S/C20H26ClNO5S/c1-20(2,14-23)13-22(28(24,25)17-8-6-16(21)7-9-17)12-15-5-10-18(26-3)19(11-15)27-4/h5-11,23H,12-14H2,1-4H3. The van der Waals surface area contributed by atoms with Crippen molar-refractivity contribution in [3.8, 4) is 11.5 Å². The highest BCUT2D eigenvalue weighted by atomic mass is 35.5. The van der Waals surface area contributed by atoms with Crippen LogP contribution < -0.4 is 9.47 Å². The SMILES string of the molecule is COc1ccc(CN(CC(C)(C)CO)S(=O)(=O)c2ccc(Cl)cc2)cc1OC. The second-order valence-electron chi connectivity index (χ2n) is 7.24. The Labute approximate surface area is 171 Å². The first kappa shape index (κ1) is 22.5. The number of aliphatic hydroxyl groups is 1. The van der Waals surface area contributed by atoms with Crippen molar-refractivity contribution in [1.82, 2.24) is 4.31 Å². The van der Waals surface area contributed by atoms with E-state index in [2.05, 4.69) is 0 Å². The second-order valence-corrected chi connectivity index (χ2v) is 9.61. The van der Waals surface area contributed by atoms with Gasteiger partial charge < -0.3 is 14.6 Å². The van der Waals surface area contributed by atoms with Gasteiger partial charge in [-0.25, -0.2) is 8.42 Å². The molecule has 6 nitrogen and oxygen atoms in total. The van der Waals surface area contributed by atoms with Crippen molar-refractivity contribution >= 4 is 21.6 Å². The zero-order valence-electron chi connectivity index (χ0n) is 16.5. The van der Waals surface area contributed by atoms with Gasteiger partial charge in [0.2, 0.25) is 10.0 Å². The predicted molar refractivity (Wildman–Crippen MR) is 109 cm³/mol. The minimum absolute atomic E-state index is 0.120. The summed E-state index contributed by atoms with van der Waals surface area (Å²) in [5.74, 6) is 1.08. The Hall–Kier alpha value is -1.80. The van der Waals surface area contributed by atoms with E-state index < -0.39 is 15.4 Å². The van der Waals surface area contributed by atoms with E-state index in [0.29, 0.717) is 16.5 Å². The van der Waals surface area contributed by atoms with Crippen molar-refractivity contribution < 1.29 is 23.0 Å². The lowest BCUT2D eigenvalue weighted by molar-refractivity contribution is 0.132. The molecule has 2 aromatic carbocycles. The fraction of sp³-hybridized carbons (Fsp3) is 0.400. The monoisotopic (exact) mass is 427 g/mol. The van der Waals surface area contributed by atoms with Crippen LogP contribution in [0.3, 0.4) is 0 Å². The van der Waals surface area contributed by atoms with Gasteiger partial charge in [-0.2, -0.15) is 4.31 Å². The maximum absolute atomic E-state index is 13.3. The van der Waals surface area contributed by atoms with Gasteiger partial charge in [0.15, 0.2) is 11.5 Å². The molecule has 28 heavy (non-hydrogen) atoms. The van der Waals surface area contributed by atoms with Gasteiger partial charge in [-0.15, -0.1) is 0 Å². The number of ether oxygens (including phenoxy) is 2. The summed E-state index contributed by atoms with van der Waals surface area (Å²) >= 11 is 5.89. The molecule has 0 saturated carbocycles. The van der Waals surface area contributed by atoms with E-state index in [9.17, 15) is 13.5 Å². The highest BCUT2D eigenvalue weighted by molar-refractivity contribution is 7.89. The molecule has 0 aromatic heterocycles. The van der Waals surface area contributed by atoms with Gasteiger partial charge in [-0.05, 0) is 42.0 Å². The van der Waals surface area contributed by atoms with E-state index in [1.54, 1.807) is 37.4 Å². The molecule has 0 heterocycles. The maximum Gasteiger partial charge on any atom is 0.243 e. The molecule has 154 valence electrons. The lowest BCUT2D eigenvalue weighted by Crippen LogP contribution is -2.40.